The van der Waals surface area contributed by atoms with Crippen molar-refractivity contribution in [3.8, 4) is 0 Å². The number of anilines is 1. The van der Waals surface area contributed by atoms with Gasteiger partial charge in [0.2, 0.25) is 0 Å². The van der Waals surface area contributed by atoms with E-state index in [0.717, 1.165) is 12.1 Å². The molecule has 0 aliphatic carbocycles. The molecule has 1 atom stereocenters. The fourth-order valence-electron chi connectivity index (χ4n) is 2.74. The number of urea groups is 2. The average Bonchev–Trinajstić information content (AvgIpc) is 2.92. The summed E-state index contributed by atoms with van der Waals surface area (Å²) in [5.74, 6) is -0.811. The Morgan fingerprint density at radius 3 is 2.50 bits per heavy atom. The summed E-state index contributed by atoms with van der Waals surface area (Å²) in [5.41, 5.74) is -3.72. The quantitative estimate of drug-likeness (QED) is 0.632. The molecule has 7 nitrogen and oxygen atoms in total. The summed E-state index contributed by atoms with van der Waals surface area (Å²) in [6.45, 7) is 8.03. The smallest absolute Gasteiger partial charge is 0.335 e. The summed E-state index contributed by atoms with van der Waals surface area (Å²) in [6.07, 6.45) is -4.82. The number of carbonyl (C=O) groups excluding carboxylic acids is 3. The van der Waals surface area contributed by atoms with Crippen LogP contribution in [0.1, 0.15) is 12.5 Å². The van der Waals surface area contributed by atoms with E-state index >= 15 is 0 Å². The first-order chi connectivity index (χ1) is 11.1. The van der Waals surface area contributed by atoms with Crippen molar-refractivity contribution in [2.24, 2.45) is 0 Å². The van der Waals surface area contributed by atoms with E-state index in [9.17, 15) is 27.6 Å². The summed E-state index contributed by atoms with van der Waals surface area (Å²) >= 11 is 0. The molecule has 2 aliphatic heterocycles. The van der Waals surface area contributed by atoms with Crippen molar-refractivity contribution in [3.63, 3.8) is 0 Å². The Balaban J connectivity index is 2.11. The predicted octanol–water partition coefficient (Wildman–Crippen LogP) is 2.51. The Labute approximate surface area is 133 Å². The van der Waals surface area contributed by atoms with Gasteiger partial charge in [0.1, 0.15) is 5.54 Å². The van der Waals surface area contributed by atoms with Crippen LogP contribution in [0.25, 0.3) is 4.85 Å². The lowest BCUT2D eigenvalue weighted by Gasteiger charge is -2.19. The number of carbonyl (C=O) groups is 3. The van der Waals surface area contributed by atoms with Gasteiger partial charge in [-0.2, -0.15) is 13.2 Å². The van der Waals surface area contributed by atoms with Crippen molar-refractivity contribution in [2.75, 3.05) is 11.4 Å². The second kappa shape index (κ2) is 4.70. The molecule has 0 aromatic heterocycles. The fraction of sp³-hybridized carbons (Fsp3) is 0.286. The first-order valence-electron chi connectivity index (χ1n) is 6.66. The van der Waals surface area contributed by atoms with E-state index in [0.29, 0.717) is 15.9 Å². The number of alkyl halides is 3. The van der Waals surface area contributed by atoms with Gasteiger partial charge in [-0.05, 0) is 19.1 Å². The van der Waals surface area contributed by atoms with Crippen LogP contribution in [0.15, 0.2) is 18.2 Å². The Hall–Kier alpha value is -3.09. The van der Waals surface area contributed by atoms with Crippen LogP contribution < -0.4 is 10.2 Å². The fourth-order valence-corrected chi connectivity index (χ4v) is 2.74. The molecule has 1 aromatic rings. The Morgan fingerprint density at radius 2 is 1.96 bits per heavy atom. The van der Waals surface area contributed by atoms with E-state index in [2.05, 4.69) is 10.2 Å². The van der Waals surface area contributed by atoms with Crippen molar-refractivity contribution in [1.29, 1.82) is 0 Å². The molecular weight excluding hydrogens is 329 g/mol. The molecule has 24 heavy (non-hydrogen) atoms. The number of rotatable bonds is 1. The molecule has 2 heterocycles. The molecule has 0 bridgehead atoms. The molecule has 0 radical (unpaired) electrons. The maximum atomic E-state index is 13.1. The molecular formula is C14H9F3N4O3. The van der Waals surface area contributed by atoms with Gasteiger partial charge in [-0.3, -0.25) is 4.79 Å². The van der Waals surface area contributed by atoms with Crippen LogP contribution in [-0.4, -0.2) is 35.0 Å². The highest BCUT2D eigenvalue weighted by atomic mass is 19.4. The second-order valence-electron chi connectivity index (χ2n) is 5.50. The lowest BCUT2D eigenvalue weighted by molar-refractivity contribution is -0.136. The van der Waals surface area contributed by atoms with Gasteiger partial charge >= 0.3 is 18.2 Å². The molecule has 2 aliphatic rings. The summed E-state index contributed by atoms with van der Waals surface area (Å²) in [6, 6.07) is 0.708. The Bertz CT molecular complexity index is 830. The molecule has 124 valence electrons. The minimum Gasteiger partial charge on any atom is -0.335 e. The molecule has 2 fully saturated rings. The lowest BCUT2D eigenvalue weighted by atomic mass is 10.0. The number of nitrogens with zero attached hydrogens (tertiary/aromatic N) is 3. The molecule has 5 amide bonds. The van der Waals surface area contributed by atoms with Gasteiger partial charge < -0.3 is 5.32 Å². The molecule has 1 unspecified atom stereocenters. The summed E-state index contributed by atoms with van der Waals surface area (Å²) in [7, 11) is 0. The first kappa shape index (κ1) is 15.8. The van der Waals surface area contributed by atoms with E-state index < -0.39 is 40.9 Å². The van der Waals surface area contributed by atoms with E-state index in [1.165, 1.54) is 6.92 Å². The number of amides is 5. The third-order valence-electron chi connectivity index (χ3n) is 3.99. The van der Waals surface area contributed by atoms with Crippen LogP contribution in [-0.2, 0) is 11.0 Å². The third-order valence-corrected chi connectivity index (χ3v) is 3.99. The molecule has 2 saturated heterocycles. The zero-order valence-corrected chi connectivity index (χ0v) is 12.1. The van der Waals surface area contributed by atoms with Crippen molar-refractivity contribution in [1.82, 2.24) is 10.2 Å². The van der Waals surface area contributed by atoms with Gasteiger partial charge in [0.25, 0.3) is 5.91 Å². The van der Waals surface area contributed by atoms with Gasteiger partial charge in [-0.15, -0.1) is 0 Å². The predicted molar refractivity (Wildman–Crippen MR) is 74.2 cm³/mol. The number of hydrogen-bond donors (Lipinski definition) is 1. The molecule has 0 saturated carbocycles. The topological polar surface area (TPSA) is 74.1 Å². The highest BCUT2D eigenvalue weighted by Gasteiger charge is 2.61. The lowest BCUT2D eigenvalue weighted by Crippen LogP contribution is -2.45. The highest BCUT2D eigenvalue weighted by molar-refractivity contribution is 6.28. The van der Waals surface area contributed by atoms with Crippen LogP contribution in [0.5, 0.6) is 0 Å². The van der Waals surface area contributed by atoms with Gasteiger partial charge in [0, 0.05) is 0 Å². The maximum Gasteiger partial charge on any atom is 0.407 e. The molecule has 1 N–H and O–H groups in total. The SMILES string of the molecule is [C-]#[N+]c1ccc(N2C(=O)N3C(=O)NCC3(C)C2=O)cc1C(F)(F)F. The zero-order valence-electron chi connectivity index (χ0n) is 12.1. The van der Waals surface area contributed by atoms with Crippen LogP contribution in [0, 0.1) is 6.57 Å². The van der Waals surface area contributed by atoms with E-state index in [4.69, 9.17) is 6.57 Å². The Kier molecular flexibility index (Phi) is 3.09. The largest absolute Gasteiger partial charge is 0.407 e. The van der Waals surface area contributed by atoms with Crippen LogP contribution in [0.3, 0.4) is 0 Å². The minimum absolute atomic E-state index is 0.126. The summed E-state index contributed by atoms with van der Waals surface area (Å²) in [4.78, 5) is 40.6. The first-order valence-corrected chi connectivity index (χ1v) is 6.66. The van der Waals surface area contributed by atoms with Gasteiger partial charge in [-0.1, -0.05) is 6.07 Å². The number of hydrogen-bond acceptors (Lipinski definition) is 3. The molecule has 10 heteroatoms. The molecule has 3 rings (SSSR count). The van der Waals surface area contributed by atoms with E-state index in [-0.39, 0.29) is 12.2 Å². The third kappa shape index (κ3) is 1.94. The van der Waals surface area contributed by atoms with Crippen LogP contribution in [0.2, 0.25) is 0 Å². The number of fused-ring (bicyclic) bond motifs is 1. The van der Waals surface area contributed by atoms with E-state index in [1.54, 1.807) is 0 Å². The summed E-state index contributed by atoms with van der Waals surface area (Å²) < 4.78 is 39.2. The van der Waals surface area contributed by atoms with Crippen LogP contribution in [0.4, 0.5) is 34.1 Å². The zero-order chi connectivity index (χ0) is 17.9. The van der Waals surface area contributed by atoms with Crippen molar-refractivity contribution >= 4 is 29.3 Å². The minimum atomic E-state index is -4.82. The number of imide groups is 2. The van der Waals surface area contributed by atoms with Gasteiger partial charge in [0.05, 0.1) is 24.4 Å². The highest BCUT2D eigenvalue weighted by Crippen LogP contribution is 2.41. The van der Waals surface area contributed by atoms with Gasteiger partial charge in [-0.25, -0.2) is 24.2 Å². The number of halogens is 3. The summed E-state index contributed by atoms with van der Waals surface area (Å²) in [5, 5.41) is 2.35. The second-order valence-corrected chi connectivity index (χ2v) is 5.50. The number of benzene rings is 1. The Morgan fingerprint density at radius 1 is 1.29 bits per heavy atom. The monoisotopic (exact) mass is 338 g/mol. The maximum absolute atomic E-state index is 13.1. The van der Waals surface area contributed by atoms with Crippen molar-refractivity contribution in [3.05, 3.63) is 35.2 Å². The average molecular weight is 338 g/mol. The molecule has 0 spiro atoms. The van der Waals surface area contributed by atoms with Gasteiger partial charge in [0.15, 0.2) is 5.69 Å². The number of nitrogens with one attached hydrogen (secondary N) is 1. The van der Waals surface area contributed by atoms with Crippen molar-refractivity contribution < 1.29 is 27.6 Å². The van der Waals surface area contributed by atoms with E-state index in [1.807, 2.05) is 0 Å². The molecule has 1 aromatic carbocycles. The van der Waals surface area contributed by atoms with Crippen LogP contribution >= 0.6 is 0 Å². The standard InChI is InChI=1S/C14H9F3N4O3/c1-13-6-19-11(23)21(13)12(24)20(10(13)22)7-3-4-9(18-2)8(5-7)14(15,16)17/h3-5H,6H2,1H3,(H,19,23). The normalized spacial score (nSPS) is 23.4. The van der Waals surface area contributed by atoms with Crippen molar-refractivity contribution in [2.45, 2.75) is 18.6 Å².